The Hall–Kier alpha value is -3.73. The fourth-order valence-electron chi connectivity index (χ4n) is 8.60. The zero-order valence-corrected chi connectivity index (χ0v) is 28.3. The number of aliphatic hydroxyl groups is 2. The summed E-state index contributed by atoms with van der Waals surface area (Å²) >= 11 is 0. The third kappa shape index (κ3) is 5.11. The summed E-state index contributed by atoms with van der Waals surface area (Å²) in [5, 5.41) is 35.5. The van der Waals surface area contributed by atoms with Crippen LogP contribution in [0.25, 0.3) is 0 Å². The normalized spacial score (nSPS) is 43.3. The highest BCUT2D eigenvalue weighted by Crippen LogP contribution is 2.53. The molecule has 3 aliphatic carbocycles. The van der Waals surface area contributed by atoms with Crippen LogP contribution in [0, 0.1) is 0 Å². The summed E-state index contributed by atoms with van der Waals surface area (Å²) in [5.41, 5.74) is -7.84. The van der Waals surface area contributed by atoms with E-state index in [4.69, 9.17) is 28.4 Å². The van der Waals surface area contributed by atoms with Crippen molar-refractivity contribution in [2.24, 2.45) is 0 Å². The molecule has 7 aliphatic rings. The number of hydrogen-bond donors (Lipinski definition) is 3. The number of carbonyl (C=O) groups is 5. The van der Waals surface area contributed by atoms with Crippen molar-refractivity contribution in [2.75, 3.05) is 0 Å². The highest BCUT2D eigenvalue weighted by atomic mass is 16.7. The summed E-state index contributed by atoms with van der Waals surface area (Å²) in [6.07, 6.45) is -1.66. The number of aromatic hydroxyl groups is 1. The zero-order valence-electron chi connectivity index (χ0n) is 28.3. The van der Waals surface area contributed by atoms with Crippen molar-refractivity contribution in [1.29, 1.82) is 0 Å². The summed E-state index contributed by atoms with van der Waals surface area (Å²) in [7, 11) is 0. The molecule has 12 unspecified atom stereocenters. The molecule has 0 aromatic heterocycles. The van der Waals surface area contributed by atoms with E-state index in [0.29, 0.717) is 0 Å². The van der Waals surface area contributed by atoms with Gasteiger partial charge in [-0.3, -0.25) is 24.0 Å². The Morgan fingerprint density at radius 3 is 2.39 bits per heavy atom. The Labute approximate surface area is 292 Å². The van der Waals surface area contributed by atoms with Gasteiger partial charge >= 0.3 is 0 Å². The van der Waals surface area contributed by atoms with Crippen molar-refractivity contribution in [1.82, 2.24) is 0 Å². The van der Waals surface area contributed by atoms with E-state index in [1.54, 1.807) is 27.7 Å². The second kappa shape index (κ2) is 11.6. The van der Waals surface area contributed by atoms with Gasteiger partial charge < -0.3 is 43.7 Å². The molecule has 51 heavy (non-hydrogen) atoms. The first-order valence-corrected chi connectivity index (χ1v) is 17.1. The average Bonchev–Trinajstić information content (AvgIpc) is 3.05. The molecule has 0 spiro atoms. The number of carbonyl (C=O) groups excluding carboxylic acids is 5. The fourth-order valence-corrected chi connectivity index (χ4v) is 8.60. The number of allylic oxidation sites excluding steroid dienone is 2. The van der Waals surface area contributed by atoms with Crippen molar-refractivity contribution < 1.29 is 67.7 Å². The van der Waals surface area contributed by atoms with Gasteiger partial charge in [0, 0.05) is 42.4 Å². The molecule has 3 saturated heterocycles. The van der Waals surface area contributed by atoms with Crippen molar-refractivity contribution in [3.05, 3.63) is 64.3 Å². The number of hydrogen-bond acceptors (Lipinski definition) is 14. The molecule has 0 bridgehead atoms. The molecule has 14 heteroatoms. The van der Waals surface area contributed by atoms with E-state index < -0.39 is 107 Å². The maximum absolute atomic E-state index is 14.2. The lowest BCUT2D eigenvalue weighted by atomic mass is 9.57. The van der Waals surface area contributed by atoms with Gasteiger partial charge in [0.15, 0.2) is 47.1 Å². The maximum Gasteiger partial charge on any atom is 0.198 e. The van der Waals surface area contributed by atoms with Gasteiger partial charge in [0.2, 0.25) is 0 Å². The minimum atomic E-state index is -2.81. The number of ketones is 5. The number of phenols is 1. The van der Waals surface area contributed by atoms with Crippen LogP contribution in [0.1, 0.15) is 85.8 Å². The molecule has 1 aromatic carbocycles. The Bertz CT molecular complexity index is 1880. The summed E-state index contributed by atoms with van der Waals surface area (Å²) in [6.45, 7) is 6.53. The molecule has 270 valence electrons. The zero-order chi connectivity index (χ0) is 36.4. The van der Waals surface area contributed by atoms with Crippen LogP contribution in [0.5, 0.6) is 5.75 Å². The van der Waals surface area contributed by atoms with Crippen molar-refractivity contribution in [2.45, 2.75) is 125 Å². The summed E-state index contributed by atoms with van der Waals surface area (Å²) in [4.78, 5) is 66.3. The van der Waals surface area contributed by atoms with Gasteiger partial charge in [0.1, 0.15) is 35.8 Å². The summed E-state index contributed by atoms with van der Waals surface area (Å²) in [5.74, 6) is -3.55. The maximum atomic E-state index is 14.2. The van der Waals surface area contributed by atoms with Crippen molar-refractivity contribution in [3.63, 3.8) is 0 Å². The van der Waals surface area contributed by atoms with Crippen LogP contribution < -0.4 is 0 Å². The first-order chi connectivity index (χ1) is 24.0. The fraction of sp³-hybridized carbons (Fsp3) is 0.541. The van der Waals surface area contributed by atoms with E-state index in [9.17, 15) is 39.3 Å². The highest BCUT2D eigenvalue weighted by molar-refractivity contribution is 6.32. The number of phenolic OH excluding ortho intramolecular Hbond substituents is 1. The molecule has 14 nitrogen and oxygen atoms in total. The first-order valence-electron chi connectivity index (χ1n) is 17.1. The van der Waals surface area contributed by atoms with Crippen LogP contribution in [0.15, 0.2) is 47.6 Å². The smallest absolute Gasteiger partial charge is 0.198 e. The van der Waals surface area contributed by atoms with Gasteiger partial charge in [0.25, 0.3) is 0 Å². The minimum Gasteiger partial charge on any atom is -0.507 e. The van der Waals surface area contributed by atoms with Gasteiger partial charge in [-0.2, -0.15) is 0 Å². The van der Waals surface area contributed by atoms with Gasteiger partial charge in [-0.05, 0) is 52.0 Å². The second-order valence-electron chi connectivity index (χ2n) is 14.8. The van der Waals surface area contributed by atoms with Crippen LogP contribution >= 0.6 is 0 Å². The number of rotatable bonds is 3. The number of Topliss-reactive ketones (excluding diaryl/α,β-unsaturated/α-hetero) is 4. The molecule has 4 fully saturated rings. The van der Waals surface area contributed by atoms with Crippen LogP contribution in [0.2, 0.25) is 0 Å². The predicted molar refractivity (Wildman–Crippen MR) is 170 cm³/mol. The second-order valence-corrected chi connectivity index (χ2v) is 14.8. The Morgan fingerprint density at radius 2 is 1.65 bits per heavy atom. The lowest BCUT2D eigenvalue weighted by molar-refractivity contribution is -0.347. The monoisotopic (exact) mass is 706 g/mol. The van der Waals surface area contributed by atoms with E-state index >= 15 is 0 Å². The van der Waals surface area contributed by atoms with Gasteiger partial charge in [-0.1, -0.05) is 12.1 Å². The largest absolute Gasteiger partial charge is 0.507 e. The van der Waals surface area contributed by atoms with E-state index in [0.717, 1.165) is 6.08 Å². The average molecular weight is 707 g/mol. The minimum absolute atomic E-state index is 0.101. The Balaban J connectivity index is 1.07. The Kier molecular flexibility index (Phi) is 7.84. The standard InChI is InChI=1S/C37H38O14/c1-15-21(38)7-8-27(47-15)51-35(4)13-26(40)37(45)29-20(9-10-36(37,44)14-35)31(42)28-19(32(29)43)6-5-18(30(28)41)23-12-24-33(17(3)46-23)50-34-25(49-24)11-22(39)16(2)48-34/h5-10,15-17,23-25,27,33-34,41,44-45H,11-14H2,1-4H3. The van der Waals surface area contributed by atoms with Crippen molar-refractivity contribution in [3.8, 4) is 5.75 Å². The van der Waals surface area contributed by atoms with Gasteiger partial charge in [0.05, 0.1) is 35.0 Å². The molecule has 4 aliphatic heterocycles. The van der Waals surface area contributed by atoms with Crippen LogP contribution in [0.3, 0.4) is 0 Å². The molecule has 4 heterocycles. The molecule has 0 amide bonds. The Morgan fingerprint density at radius 1 is 0.882 bits per heavy atom. The molecule has 0 radical (unpaired) electrons. The van der Waals surface area contributed by atoms with E-state index in [2.05, 4.69) is 0 Å². The van der Waals surface area contributed by atoms with Crippen LogP contribution in [-0.4, -0.2) is 110 Å². The molecule has 1 saturated carbocycles. The lowest BCUT2D eigenvalue weighted by Crippen LogP contribution is -2.69. The van der Waals surface area contributed by atoms with Gasteiger partial charge in [-0.25, -0.2) is 0 Å². The number of fused-ring (bicyclic) bond motifs is 5. The lowest BCUT2D eigenvalue weighted by Gasteiger charge is -2.53. The number of benzene rings is 1. The molecular formula is C37H38O14. The third-order valence-corrected chi connectivity index (χ3v) is 11.2. The van der Waals surface area contributed by atoms with Crippen LogP contribution in [-0.2, 0) is 42.8 Å². The molecule has 12 atom stereocenters. The SMILES string of the molecule is CC1OC(OC2(C)CC(=O)C3(O)C4=C(C=CC3(O)C2)C(=O)c2c(ccc(C3CC5OC6CC(=O)C(C)OC6OC5C(C)O3)c2O)C4=O)C=CC1=O. The topological polar surface area (TPSA) is 201 Å². The van der Waals surface area contributed by atoms with E-state index in [-0.39, 0.29) is 53.1 Å². The molecular weight excluding hydrogens is 668 g/mol. The molecule has 3 N–H and O–H groups in total. The van der Waals surface area contributed by atoms with E-state index in [1.807, 2.05) is 0 Å². The third-order valence-electron chi connectivity index (χ3n) is 11.2. The molecule has 8 rings (SSSR count). The number of ether oxygens (including phenoxy) is 6. The summed E-state index contributed by atoms with van der Waals surface area (Å²) < 4.78 is 36.0. The van der Waals surface area contributed by atoms with Crippen molar-refractivity contribution >= 4 is 28.9 Å². The molecule has 1 aromatic rings. The quantitative estimate of drug-likeness (QED) is 0.411. The van der Waals surface area contributed by atoms with E-state index in [1.165, 1.54) is 30.4 Å². The predicted octanol–water partition coefficient (Wildman–Crippen LogP) is 1.81. The highest BCUT2D eigenvalue weighted by Gasteiger charge is 2.67. The first kappa shape index (κ1) is 34.4. The van der Waals surface area contributed by atoms with Crippen LogP contribution in [0.4, 0.5) is 0 Å². The summed E-state index contributed by atoms with van der Waals surface area (Å²) in [6, 6.07) is 2.77. The van der Waals surface area contributed by atoms with Gasteiger partial charge in [-0.15, -0.1) is 0 Å².